The number of ketones is 2. The van der Waals surface area contributed by atoms with E-state index in [1.165, 1.54) is 86.4 Å². The van der Waals surface area contributed by atoms with Crippen molar-refractivity contribution in [2.24, 2.45) is 80.8 Å². The molecule has 1 amide bonds. The summed E-state index contributed by atoms with van der Waals surface area (Å²) in [7, 11) is 0. The van der Waals surface area contributed by atoms with Crippen molar-refractivity contribution < 1.29 is 34.5 Å². The Balaban J connectivity index is 0.000000154. The Morgan fingerprint density at radius 3 is 1.41 bits per heavy atom. The number of hydrogen-bond acceptors (Lipinski definition) is 11. The third kappa shape index (κ3) is 9.93. The summed E-state index contributed by atoms with van der Waals surface area (Å²) in [4.78, 5) is 55.2. The summed E-state index contributed by atoms with van der Waals surface area (Å²) in [5, 5.41) is 50.3. The van der Waals surface area contributed by atoms with Gasteiger partial charge >= 0.3 is 5.97 Å². The lowest BCUT2D eigenvalue weighted by Gasteiger charge is -2.61. The summed E-state index contributed by atoms with van der Waals surface area (Å²) in [6, 6.07) is 0. The van der Waals surface area contributed by atoms with Crippen LogP contribution in [0.4, 0.5) is 0 Å². The SMILES string of the molecule is C1CCNC1.C[C@@]1(O)CC[C@@]2(C)[C@H](CC[C@@H]3[C@@H]2CC[C@]2(C)[C@@H](C(=O)Cn4ncc(C(=O)N5CCCC5)n4)CC[C@@H]32)C1.C[C@@]1(O)CC[C@@]2(C)[C@H](CC[C@@H]3[C@@H]2CC[C@]2(C)[C@@H](C(=O)Cn4ncc(C(=O)O)n4)CC[C@@H]32)C1. The van der Waals surface area contributed by atoms with Gasteiger partial charge in [-0.25, -0.2) is 4.79 Å². The molecule has 2 aliphatic heterocycles. The van der Waals surface area contributed by atoms with E-state index in [-0.39, 0.29) is 58.9 Å². The van der Waals surface area contributed by atoms with Gasteiger partial charge in [-0.15, -0.1) is 10.2 Å². The van der Waals surface area contributed by atoms with Crippen LogP contribution in [0, 0.1) is 80.8 Å². The van der Waals surface area contributed by atoms with E-state index >= 15 is 0 Å². The number of amides is 1. The first kappa shape index (κ1) is 52.9. The van der Waals surface area contributed by atoms with Crippen molar-refractivity contribution in [2.45, 2.75) is 207 Å². The van der Waals surface area contributed by atoms with E-state index in [0.717, 1.165) is 109 Å². The number of aromatic nitrogens is 6. The van der Waals surface area contributed by atoms with Crippen molar-refractivity contribution in [3.63, 3.8) is 0 Å². The van der Waals surface area contributed by atoms with E-state index < -0.39 is 17.2 Å². The molecule has 0 unspecified atom stereocenters. The highest BCUT2D eigenvalue weighted by atomic mass is 16.4. The second kappa shape index (κ2) is 20.1. The number of hydrogen-bond donors (Lipinski definition) is 4. The van der Waals surface area contributed by atoms with Gasteiger partial charge in [0.1, 0.15) is 13.1 Å². The van der Waals surface area contributed by atoms with E-state index in [0.29, 0.717) is 57.9 Å². The molecule has 2 saturated heterocycles. The van der Waals surface area contributed by atoms with Gasteiger partial charge < -0.3 is 25.5 Å². The number of carboxylic acids is 1. The van der Waals surface area contributed by atoms with Crippen LogP contribution in [0.2, 0.25) is 0 Å². The summed E-state index contributed by atoms with van der Waals surface area (Å²) in [5.41, 5.74) is -0.0288. The molecule has 0 radical (unpaired) electrons. The molecule has 4 heterocycles. The standard InChI is InChI=1S/C29H44N4O3.C25H37N3O4.C4H9N/c1-27(36)12-13-28(2)19(16-27)6-7-20-21-8-9-23(29(21,3)11-10-22(20)28)25(34)18-33-30-17-24(31-33)26(35)32-14-4-5-15-32;1-23(32)10-11-24(2)15(12-23)4-5-16-17-6-7-19(25(17,3)9-8-18(16)24)21(29)14-28-26-13-20(27-28)22(30)31;1-2-4-5-3-1/h17,19-23,36H,4-16,18H2,1-3H3;13,15-19,32H,4-12,14H2,1-3H3,(H,30,31);5H,1-4H2/t19-,20+,21+,22+,23-,27-,28+,29+;15-,16+,17+,18+,19-,23-,24+,25+;/m11./s1. The Kier molecular flexibility index (Phi) is 14.6. The van der Waals surface area contributed by atoms with E-state index in [2.05, 4.69) is 53.4 Å². The average Bonchev–Trinajstić information content (AvgIpc) is 4.21. The topological polar surface area (TPSA) is 206 Å². The Hall–Kier alpha value is -3.56. The van der Waals surface area contributed by atoms with Crippen LogP contribution < -0.4 is 5.32 Å². The smallest absolute Gasteiger partial charge is 0.358 e. The van der Waals surface area contributed by atoms with Crippen LogP contribution in [0.15, 0.2) is 12.4 Å². The molecule has 2 aromatic heterocycles. The molecule has 10 fully saturated rings. The zero-order valence-corrected chi connectivity index (χ0v) is 45.3. The molecular formula is C58H90N8O7. The number of carbonyl (C=O) groups excluding carboxylic acids is 3. The van der Waals surface area contributed by atoms with Gasteiger partial charge in [-0.1, -0.05) is 27.7 Å². The molecule has 10 aliphatic rings. The molecule has 0 aromatic carbocycles. The molecule has 16 atom stereocenters. The van der Waals surface area contributed by atoms with Crippen molar-refractivity contribution in [2.75, 3.05) is 26.2 Å². The van der Waals surface area contributed by atoms with Gasteiger partial charge in [0.25, 0.3) is 5.91 Å². The quantitative estimate of drug-likeness (QED) is 0.196. The van der Waals surface area contributed by atoms with Crippen LogP contribution in [0.5, 0.6) is 0 Å². The van der Waals surface area contributed by atoms with Crippen molar-refractivity contribution in [3.8, 4) is 0 Å². The van der Waals surface area contributed by atoms with Gasteiger partial charge in [-0.2, -0.15) is 19.8 Å². The Labute approximate surface area is 434 Å². The molecule has 4 N–H and O–H groups in total. The molecule has 15 heteroatoms. The molecular weight excluding hydrogens is 921 g/mol. The molecule has 404 valence electrons. The fourth-order valence-corrected chi connectivity index (χ4v) is 19.1. The maximum Gasteiger partial charge on any atom is 0.358 e. The third-order valence-corrected chi connectivity index (χ3v) is 23.1. The number of nitrogens with zero attached hydrogens (tertiary/aromatic N) is 7. The largest absolute Gasteiger partial charge is 0.476 e. The predicted molar refractivity (Wildman–Crippen MR) is 276 cm³/mol. The molecule has 12 rings (SSSR count). The molecule has 73 heavy (non-hydrogen) atoms. The normalized spacial score (nSPS) is 43.4. The molecule has 2 aromatic rings. The first-order valence-corrected chi connectivity index (χ1v) is 29.2. The van der Waals surface area contributed by atoms with Crippen LogP contribution in [0.25, 0.3) is 0 Å². The summed E-state index contributed by atoms with van der Waals surface area (Å²) < 4.78 is 0. The molecule has 0 spiro atoms. The minimum atomic E-state index is -1.12. The first-order chi connectivity index (χ1) is 34.6. The molecule has 0 bridgehead atoms. The van der Waals surface area contributed by atoms with E-state index in [1.54, 1.807) is 0 Å². The number of likely N-dealkylation sites (tertiary alicyclic amines) is 1. The van der Waals surface area contributed by atoms with Crippen molar-refractivity contribution in [3.05, 3.63) is 23.8 Å². The highest BCUT2D eigenvalue weighted by molar-refractivity contribution is 5.92. The van der Waals surface area contributed by atoms with Crippen LogP contribution in [0.1, 0.15) is 204 Å². The highest BCUT2D eigenvalue weighted by Crippen LogP contribution is 2.70. The number of aliphatic hydroxyl groups is 2. The number of nitrogens with one attached hydrogen (secondary N) is 1. The minimum Gasteiger partial charge on any atom is -0.476 e. The van der Waals surface area contributed by atoms with Gasteiger partial charge in [0.05, 0.1) is 23.6 Å². The zero-order valence-electron chi connectivity index (χ0n) is 45.3. The number of aromatic carboxylic acids is 1. The van der Waals surface area contributed by atoms with Gasteiger partial charge in [0.15, 0.2) is 23.0 Å². The van der Waals surface area contributed by atoms with Crippen LogP contribution in [-0.4, -0.2) is 111 Å². The van der Waals surface area contributed by atoms with Gasteiger partial charge in [-0.3, -0.25) is 14.4 Å². The molecule has 8 saturated carbocycles. The lowest BCUT2D eigenvalue weighted by Crippen LogP contribution is -2.55. The predicted octanol–water partition coefficient (Wildman–Crippen LogP) is 8.82. The van der Waals surface area contributed by atoms with Crippen LogP contribution in [0.3, 0.4) is 0 Å². The lowest BCUT2D eigenvalue weighted by atomic mass is 9.44. The Bertz CT molecular complexity index is 2350. The number of rotatable bonds is 8. The first-order valence-electron chi connectivity index (χ1n) is 29.2. The summed E-state index contributed by atoms with van der Waals surface area (Å²) in [6.07, 6.45) is 27.2. The van der Waals surface area contributed by atoms with E-state index in [9.17, 15) is 29.4 Å². The van der Waals surface area contributed by atoms with Gasteiger partial charge in [0.2, 0.25) is 0 Å². The van der Waals surface area contributed by atoms with Crippen molar-refractivity contribution in [1.29, 1.82) is 0 Å². The van der Waals surface area contributed by atoms with E-state index in [1.807, 2.05) is 18.7 Å². The second-order valence-electron chi connectivity index (χ2n) is 27.3. The molecule has 15 nitrogen and oxygen atoms in total. The Morgan fingerprint density at radius 2 is 0.986 bits per heavy atom. The van der Waals surface area contributed by atoms with Gasteiger partial charge in [0, 0.05) is 24.9 Å². The monoisotopic (exact) mass is 1010 g/mol. The zero-order chi connectivity index (χ0) is 51.7. The Morgan fingerprint density at radius 1 is 0.548 bits per heavy atom. The average molecular weight is 1010 g/mol. The van der Waals surface area contributed by atoms with Crippen molar-refractivity contribution >= 4 is 23.4 Å². The van der Waals surface area contributed by atoms with E-state index in [4.69, 9.17) is 5.11 Å². The molecule has 8 aliphatic carbocycles. The van der Waals surface area contributed by atoms with Crippen LogP contribution in [-0.2, 0) is 22.7 Å². The fraction of sp³-hybridized carbons (Fsp3) is 0.862. The number of carboxylic acid groups (broad SMARTS) is 1. The summed E-state index contributed by atoms with van der Waals surface area (Å²) >= 11 is 0. The second-order valence-corrected chi connectivity index (χ2v) is 27.3. The third-order valence-electron chi connectivity index (χ3n) is 23.1. The summed E-state index contributed by atoms with van der Waals surface area (Å²) in [5.74, 6) is 4.52. The number of Topliss-reactive ketones (excluding diaryl/α,β-unsaturated/α-hetero) is 2. The van der Waals surface area contributed by atoms with Crippen molar-refractivity contribution in [1.82, 2.24) is 40.2 Å². The van der Waals surface area contributed by atoms with Crippen LogP contribution >= 0.6 is 0 Å². The maximum atomic E-state index is 13.6. The summed E-state index contributed by atoms with van der Waals surface area (Å²) in [6.45, 7) is 18.1. The lowest BCUT2D eigenvalue weighted by molar-refractivity contribution is -0.151. The fourth-order valence-electron chi connectivity index (χ4n) is 19.1. The maximum absolute atomic E-state index is 13.6. The van der Waals surface area contributed by atoms with Gasteiger partial charge in [-0.05, 0) is 237 Å². The highest BCUT2D eigenvalue weighted by Gasteiger charge is 2.63. The minimum absolute atomic E-state index is 0.00495. The number of fused-ring (bicyclic) bond motifs is 10. The number of carbonyl (C=O) groups is 4.